The molecular weight excluding hydrogens is 286 g/mol. The maximum Gasteiger partial charge on any atom is 2.00 e. The van der Waals surface area contributed by atoms with Crippen molar-refractivity contribution >= 4 is 56.4 Å². The van der Waals surface area contributed by atoms with Crippen LogP contribution >= 0.6 is 28.1 Å². The molecule has 0 heterocycles. The number of nitrogens with zero attached hydrogens (tertiary/aromatic N) is 1. The van der Waals surface area contributed by atoms with Crippen LogP contribution in [0, 0.1) is 13.8 Å². The molecular formula is C10H12BrMgNOS. The Labute approximate surface area is 122 Å². The Morgan fingerprint density at radius 1 is 1.40 bits per heavy atom. The fourth-order valence-electron chi connectivity index (χ4n) is 1.00. The Morgan fingerprint density at radius 2 is 2.00 bits per heavy atom. The summed E-state index contributed by atoms with van der Waals surface area (Å²) in [7, 11) is 1.61. The molecule has 78 valence electrons. The van der Waals surface area contributed by atoms with Crippen molar-refractivity contribution in [2.75, 3.05) is 7.05 Å². The molecule has 0 aromatic heterocycles. The van der Waals surface area contributed by atoms with Crippen LogP contribution < -0.4 is 4.74 Å². The van der Waals surface area contributed by atoms with Crippen molar-refractivity contribution in [1.29, 1.82) is 0 Å². The molecule has 0 aliphatic rings. The van der Waals surface area contributed by atoms with Gasteiger partial charge in [0, 0.05) is 4.47 Å². The normalized spacial score (nSPS) is 9.07. The fraction of sp³-hybridized carbons (Fsp3) is 0.300. The van der Waals surface area contributed by atoms with Gasteiger partial charge in [0.15, 0.2) is 0 Å². The van der Waals surface area contributed by atoms with Crippen LogP contribution in [-0.2, 0) is 0 Å². The van der Waals surface area contributed by atoms with Gasteiger partial charge in [0.25, 0.3) is 0 Å². The standard InChI is InChI=1S/C10H12BrNOS.Mg.H/c1-6-5-9(13-10(14)12-3)7(2)4-8(6)11;;/h4-5H,1-3H3,(H,12,14);;/q;+2;-1/p-1. The van der Waals surface area contributed by atoms with Crippen molar-refractivity contribution in [2.24, 2.45) is 0 Å². The summed E-state index contributed by atoms with van der Waals surface area (Å²) in [4.78, 5) is 0. The Balaban J connectivity index is 0. The van der Waals surface area contributed by atoms with Gasteiger partial charge in [0.1, 0.15) is 5.75 Å². The predicted molar refractivity (Wildman–Crippen MR) is 73.0 cm³/mol. The molecule has 15 heavy (non-hydrogen) atoms. The van der Waals surface area contributed by atoms with Crippen molar-refractivity contribution in [1.82, 2.24) is 0 Å². The molecule has 0 saturated heterocycles. The molecule has 0 atom stereocenters. The minimum atomic E-state index is 0. The molecule has 0 spiro atoms. The van der Waals surface area contributed by atoms with Crippen LogP contribution in [0.5, 0.6) is 5.75 Å². The molecule has 1 aromatic rings. The number of halogens is 1. The van der Waals surface area contributed by atoms with Gasteiger partial charge in [-0.05, 0) is 37.1 Å². The van der Waals surface area contributed by atoms with Gasteiger partial charge in [-0.1, -0.05) is 28.1 Å². The number of aryl methyl sites for hydroxylation is 2. The van der Waals surface area contributed by atoms with Gasteiger partial charge >= 0.3 is 23.1 Å². The Kier molecular flexibility index (Phi) is 6.75. The molecule has 0 aliphatic carbocycles. The minimum Gasteiger partial charge on any atom is -1.00 e. The van der Waals surface area contributed by atoms with Crippen molar-refractivity contribution in [3.63, 3.8) is 0 Å². The van der Waals surface area contributed by atoms with Crippen LogP contribution in [0.1, 0.15) is 12.6 Å². The first-order chi connectivity index (χ1) is 6.54. The SMILES string of the molecule is C[N-]C(=S)Oc1cc(C)c(Br)cc1C.[H-].[Mg+2]. The second kappa shape index (κ2) is 6.68. The summed E-state index contributed by atoms with van der Waals surface area (Å²) in [5, 5.41) is 4.03. The van der Waals surface area contributed by atoms with Gasteiger partial charge in [-0.15, -0.1) is 7.05 Å². The van der Waals surface area contributed by atoms with Gasteiger partial charge in [-0.3, -0.25) is 0 Å². The predicted octanol–water partition coefficient (Wildman–Crippen LogP) is 3.46. The third kappa shape index (κ3) is 4.26. The van der Waals surface area contributed by atoms with Gasteiger partial charge < -0.3 is 11.5 Å². The quantitative estimate of drug-likeness (QED) is 0.585. The zero-order valence-electron chi connectivity index (χ0n) is 10.0. The molecule has 0 radical (unpaired) electrons. The van der Waals surface area contributed by atoms with E-state index in [1.807, 2.05) is 26.0 Å². The molecule has 0 unspecified atom stereocenters. The third-order valence-electron chi connectivity index (χ3n) is 1.84. The van der Waals surface area contributed by atoms with Crippen molar-refractivity contribution in [2.45, 2.75) is 13.8 Å². The van der Waals surface area contributed by atoms with E-state index in [1.165, 1.54) is 0 Å². The van der Waals surface area contributed by atoms with E-state index >= 15 is 0 Å². The molecule has 0 amide bonds. The Morgan fingerprint density at radius 3 is 2.53 bits per heavy atom. The number of hydrogen-bond acceptors (Lipinski definition) is 2. The first-order valence-electron chi connectivity index (χ1n) is 4.13. The molecule has 5 heteroatoms. The average Bonchev–Trinajstić information content (AvgIpc) is 2.14. The molecule has 0 N–H and O–H groups in total. The summed E-state index contributed by atoms with van der Waals surface area (Å²) >= 11 is 8.32. The van der Waals surface area contributed by atoms with Crippen molar-refractivity contribution < 1.29 is 6.16 Å². The maximum atomic E-state index is 5.37. The van der Waals surface area contributed by atoms with Crippen molar-refractivity contribution in [3.8, 4) is 5.75 Å². The second-order valence-electron chi connectivity index (χ2n) is 2.96. The second-order valence-corrected chi connectivity index (χ2v) is 4.16. The van der Waals surface area contributed by atoms with E-state index in [1.54, 1.807) is 7.05 Å². The van der Waals surface area contributed by atoms with E-state index in [0.717, 1.165) is 21.3 Å². The van der Waals surface area contributed by atoms with Crippen LogP contribution in [0.3, 0.4) is 0 Å². The van der Waals surface area contributed by atoms with Crippen LogP contribution in [0.4, 0.5) is 0 Å². The zero-order valence-corrected chi connectivity index (χ0v) is 12.8. The summed E-state index contributed by atoms with van der Waals surface area (Å²) in [6.07, 6.45) is 0. The average molecular weight is 298 g/mol. The van der Waals surface area contributed by atoms with Gasteiger partial charge in [0.2, 0.25) is 0 Å². The van der Waals surface area contributed by atoms with Gasteiger partial charge in [-0.25, -0.2) is 0 Å². The first kappa shape index (κ1) is 15.2. The van der Waals surface area contributed by atoms with Crippen molar-refractivity contribution in [3.05, 3.63) is 33.0 Å². The minimum absolute atomic E-state index is 0. The number of ether oxygens (including phenoxy) is 1. The van der Waals surface area contributed by atoms with Crippen LogP contribution in [0.25, 0.3) is 5.32 Å². The van der Waals surface area contributed by atoms with E-state index in [-0.39, 0.29) is 29.7 Å². The van der Waals surface area contributed by atoms with Gasteiger partial charge in [0.05, 0.1) is 5.17 Å². The van der Waals surface area contributed by atoms with E-state index in [9.17, 15) is 0 Å². The molecule has 0 aliphatic heterocycles. The molecule has 0 bridgehead atoms. The zero-order chi connectivity index (χ0) is 10.7. The fourth-order valence-corrected chi connectivity index (χ4v) is 1.55. The summed E-state index contributed by atoms with van der Waals surface area (Å²) in [5.74, 6) is 0.765. The number of thiocarbonyl (C=S) groups is 1. The molecule has 2 nitrogen and oxygen atoms in total. The molecule has 1 rings (SSSR count). The topological polar surface area (TPSA) is 23.3 Å². The van der Waals surface area contributed by atoms with E-state index in [4.69, 9.17) is 17.0 Å². The van der Waals surface area contributed by atoms with Crippen LogP contribution in [-0.4, -0.2) is 35.3 Å². The largest absolute Gasteiger partial charge is 2.00 e. The number of rotatable bonds is 1. The maximum absolute atomic E-state index is 5.37. The number of hydrogen-bond donors (Lipinski definition) is 0. The summed E-state index contributed by atoms with van der Waals surface area (Å²) in [6.45, 7) is 3.97. The smallest absolute Gasteiger partial charge is 1.00 e. The molecule has 1 aromatic carbocycles. The summed E-state index contributed by atoms with van der Waals surface area (Å²) in [5.41, 5.74) is 2.15. The van der Waals surface area contributed by atoms with E-state index in [0.29, 0.717) is 0 Å². The van der Waals surface area contributed by atoms with Crippen LogP contribution in [0.2, 0.25) is 0 Å². The first-order valence-corrected chi connectivity index (χ1v) is 5.33. The van der Waals surface area contributed by atoms with Gasteiger partial charge in [-0.2, -0.15) is 0 Å². The molecule has 0 fully saturated rings. The van der Waals surface area contributed by atoms with E-state index < -0.39 is 0 Å². The number of benzene rings is 1. The Hall–Kier alpha value is 0.156. The Bertz CT molecular complexity index is 376. The summed E-state index contributed by atoms with van der Waals surface area (Å²) < 4.78 is 6.45. The third-order valence-corrected chi connectivity index (χ3v) is 2.96. The molecule has 0 saturated carbocycles. The summed E-state index contributed by atoms with van der Waals surface area (Å²) in [6, 6.07) is 3.94. The monoisotopic (exact) mass is 297 g/mol. The van der Waals surface area contributed by atoms with E-state index in [2.05, 4.69) is 21.2 Å². The van der Waals surface area contributed by atoms with Crippen LogP contribution in [0.15, 0.2) is 16.6 Å².